The fourth-order valence-electron chi connectivity index (χ4n) is 2.24. The summed E-state index contributed by atoms with van der Waals surface area (Å²) in [5, 5.41) is 4.12. The third-order valence-electron chi connectivity index (χ3n) is 3.45. The summed E-state index contributed by atoms with van der Waals surface area (Å²) < 4.78 is 6.74. The molecule has 0 aromatic heterocycles. The molecule has 0 saturated heterocycles. The summed E-state index contributed by atoms with van der Waals surface area (Å²) in [7, 11) is 0. The highest BCUT2D eigenvalue weighted by molar-refractivity contribution is 7.78. The summed E-state index contributed by atoms with van der Waals surface area (Å²) in [6, 6.07) is 6.96. The van der Waals surface area contributed by atoms with E-state index in [-0.39, 0.29) is 11.8 Å². The van der Waals surface area contributed by atoms with Gasteiger partial charge in [0.05, 0.1) is 12.3 Å². The molecule has 3 amide bonds. The van der Waals surface area contributed by atoms with Gasteiger partial charge in [-0.3, -0.25) is 9.10 Å². The van der Waals surface area contributed by atoms with Crippen molar-refractivity contribution in [1.29, 1.82) is 0 Å². The number of primary amides is 1. The Morgan fingerprint density at radius 3 is 2.78 bits per heavy atom. The lowest BCUT2D eigenvalue weighted by Crippen LogP contribution is -2.31. The van der Waals surface area contributed by atoms with Gasteiger partial charge in [-0.25, -0.2) is 10.2 Å². The first-order chi connectivity index (χ1) is 11.0. The highest BCUT2D eigenvalue weighted by Gasteiger charge is 2.21. The Kier molecular flexibility index (Phi) is 5.86. The minimum absolute atomic E-state index is 0.0598. The van der Waals surface area contributed by atoms with Gasteiger partial charge < -0.3 is 10.5 Å². The number of nitrogens with two attached hydrogens (primary N) is 1. The van der Waals surface area contributed by atoms with Crippen LogP contribution in [0.4, 0.5) is 4.79 Å². The number of thiol groups is 1. The Bertz CT molecular complexity index is 603. The van der Waals surface area contributed by atoms with Gasteiger partial charge in [0, 0.05) is 25.3 Å². The number of nitrogens with one attached hydrogen (secondary N) is 1. The Balaban J connectivity index is 1.85. The first-order valence-corrected chi connectivity index (χ1v) is 7.73. The molecule has 1 unspecified atom stereocenters. The molecule has 8 heteroatoms. The average molecular weight is 336 g/mol. The third-order valence-corrected chi connectivity index (χ3v) is 3.84. The summed E-state index contributed by atoms with van der Waals surface area (Å²) in [5.74, 6) is 0.757. The van der Waals surface area contributed by atoms with Gasteiger partial charge in [-0.05, 0) is 29.8 Å². The van der Waals surface area contributed by atoms with E-state index in [2.05, 4.69) is 23.3 Å². The van der Waals surface area contributed by atoms with Crippen molar-refractivity contribution in [2.45, 2.75) is 19.8 Å². The lowest BCUT2D eigenvalue weighted by Gasteiger charge is -2.19. The number of amides is 3. The second kappa shape index (κ2) is 7.87. The van der Waals surface area contributed by atoms with Crippen LogP contribution in [-0.4, -0.2) is 35.1 Å². The quantitative estimate of drug-likeness (QED) is 0.543. The van der Waals surface area contributed by atoms with Crippen molar-refractivity contribution in [1.82, 2.24) is 9.73 Å². The number of nitrogens with zero attached hydrogens (tertiary/aromatic N) is 2. The molecule has 1 heterocycles. The zero-order valence-electron chi connectivity index (χ0n) is 12.9. The summed E-state index contributed by atoms with van der Waals surface area (Å²) in [6.07, 6.45) is 1.07. The third kappa shape index (κ3) is 4.88. The van der Waals surface area contributed by atoms with E-state index in [0.29, 0.717) is 26.0 Å². The fraction of sp³-hybridized carbons (Fsp3) is 0.400. The predicted octanol–water partition coefficient (Wildman–Crippen LogP) is 1.54. The molecule has 0 fully saturated rings. The van der Waals surface area contributed by atoms with Gasteiger partial charge in [0.1, 0.15) is 5.75 Å². The Hall–Kier alpha value is -2.22. The monoisotopic (exact) mass is 336 g/mol. The Morgan fingerprint density at radius 2 is 2.17 bits per heavy atom. The zero-order valence-corrected chi connectivity index (χ0v) is 13.8. The smallest absolute Gasteiger partial charge is 0.324 e. The number of ether oxygens (including phenoxy) is 1. The molecule has 2 rings (SSSR count). The molecule has 1 atom stereocenters. The lowest BCUT2D eigenvalue weighted by atomic mass is 9.94. The SMILES string of the molecule is CC1CC(=O)NN=C1c1ccc(OCCCN(S)C(N)=O)cc1. The first kappa shape index (κ1) is 17.1. The molecule has 3 N–H and O–H groups in total. The average Bonchev–Trinajstić information content (AvgIpc) is 2.52. The number of urea groups is 1. The Labute approximate surface area is 140 Å². The maximum atomic E-state index is 11.3. The highest BCUT2D eigenvalue weighted by atomic mass is 32.1. The fourth-order valence-corrected chi connectivity index (χ4v) is 2.38. The molecule has 23 heavy (non-hydrogen) atoms. The second-order valence-corrected chi connectivity index (χ2v) is 5.81. The Morgan fingerprint density at radius 1 is 1.48 bits per heavy atom. The van der Waals surface area contributed by atoms with Gasteiger partial charge in [0.15, 0.2) is 0 Å². The molecule has 0 radical (unpaired) electrons. The second-order valence-electron chi connectivity index (χ2n) is 5.32. The molecule has 1 aromatic rings. The van der Waals surface area contributed by atoms with Gasteiger partial charge in [0.2, 0.25) is 5.91 Å². The number of hydrazone groups is 1. The normalized spacial score (nSPS) is 17.2. The summed E-state index contributed by atoms with van der Waals surface area (Å²) in [5.41, 5.74) is 9.40. The van der Waals surface area contributed by atoms with Gasteiger partial charge in [0.25, 0.3) is 0 Å². The van der Waals surface area contributed by atoms with Crippen LogP contribution >= 0.6 is 12.8 Å². The van der Waals surface area contributed by atoms with Crippen molar-refractivity contribution in [3.8, 4) is 5.75 Å². The molecular formula is C15H20N4O3S. The maximum Gasteiger partial charge on any atom is 0.324 e. The summed E-state index contributed by atoms with van der Waals surface area (Å²) in [6.45, 7) is 2.85. The lowest BCUT2D eigenvalue weighted by molar-refractivity contribution is -0.121. The molecule has 124 valence electrons. The molecule has 0 saturated carbocycles. The van der Waals surface area contributed by atoms with Crippen molar-refractivity contribution >= 4 is 30.5 Å². The summed E-state index contributed by atoms with van der Waals surface area (Å²) in [4.78, 5) is 22.1. The summed E-state index contributed by atoms with van der Waals surface area (Å²) >= 11 is 3.93. The van der Waals surface area contributed by atoms with Crippen LogP contribution in [0.5, 0.6) is 5.75 Å². The van der Waals surface area contributed by atoms with Crippen molar-refractivity contribution in [3.05, 3.63) is 29.8 Å². The maximum absolute atomic E-state index is 11.3. The molecule has 1 aromatic carbocycles. The molecular weight excluding hydrogens is 316 g/mol. The van der Waals surface area contributed by atoms with Crippen molar-refractivity contribution in [3.63, 3.8) is 0 Å². The van der Waals surface area contributed by atoms with E-state index >= 15 is 0 Å². The molecule has 1 aliphatic rings. The van der Waals surface area contributed by atoms with Crippen LogP contribution in [0, 0.1) is 5.92 Å². The number of benzene rings is 1. The van der Waals surface area contributed by atoms with Crippen molar-refractivity contribution in [2.75, 3.05) is 13.2 Å². The van der Waals surface area contributed by atoms with E-state index in [1.54, 1.807) is 0 Å². The molecule has 0 spiro atoms. The number of carbonyl (C=O) groups excluding carboxylic acids is 2. The number of carbonyl (C=O) groups is 2. The number of hydrogen-bond donors (Lipinski definition) is 3. The minimum atomic E-state index is -0.577. The highest BCUT2D eigenvalue weighted by Crippen LogP contribution is 2.19. The van der Waals surface area contributed by atoms with Gasteiger partial charge in [-0.2, -0.15) is 5.10 Å². The van der Waals surface area contributed by atoms with Crippen LogP contribution in [0.25, 0.3) is 0 Å². The standard InChI is InChI=1S/C15H20N4O3S/c1-10-9-13(20)17-18-14(10)11-3-5-12(6-4-11)22-8-2-7-19(23)15(16)21/h3-6,10,23H,2,7-9H2,1H3,(H2,16,21)(H,17,20). The zero-order chi connectivity index (χ0) is 16.8. The van der Waals surface area contributed by atoms with Crippen LogP contribution in [0.15, 0.2) is 29.4 Å². The number of rotatable bonds is 6. The topological polar surface area (TPSA) is 97.0 Å². The van der Waals surface area contributed by atoms with Gasteiger partial charge in [-0.15, -0.1) is 0 Å². The van der Waals surface area contributed by atoms with Gasteiger partial charge >= 0.3 is 6.03 Å². The van der Waals surface area contributed by atoms with E-state index in [4.69, 9.17) is 10.5 Å². The van der Waals surface area contributed by atoms with Crippen molar-refractivity contribution in [2.24, 2.45) is 16.8 Å². The molecule has 7 nitrogen and oxygen atoms in total. The van der Waals surface area contributed by atoms with Gasteiger partial charge in [-0.1, -0.05) is 19.7 Å². The first-order valence-electron chi connectivity index (χ1n) is 7.33. The van der Waals surface area contributed by atoms with Crippen LogP contribution in [0.3, 0.4) is 0 Å². The van der Waals surface area contributed by atoms with Crippen molar-refractivity contribution < 1.29 is 14.3 Å². The predicted molar refractivity (Wildman–Crippen MR) is 90.3 cm³/mol. The van der Waals surface area contributed by atoms with Crippen LogP contribution < -0.4 is 15.9 Å². The van der Waals surface area contributed by atoms with Crippen LogP contribution in [0.1, 0.15) is 25.3 Å². The molecule has 0 bridgehead atoms. The van der Waals surface area contributed by atoms with Crippen LogP contribution in [-0.2, 0) is 4.79 Å². The van der Waals surface area contributed by atoms with E-state index < -0.39 is 6.03 Å². The minimum Gasteiger partial charge on any atom is -0.494 e. The van der Waals surface area contributed by atoms with E-state index in [9.17, 15) is 9.59 Å². The van der Waals surface area contributed by atoms with E-state index in [1.165, 1.54) is 0 Å². The number of hydrogen-bond acceptors (Lipinski definition) is 5. The molecule has 0 aliphatic carbocycles. The van der Waals surface area contributed by atoms with Crippen LogP contribution in [0.2, 0.25) is 0 Å². The van der Waals surface area contributed by atoms with E-state index in [0.717, 1.165) is 21.3 Å². The largest absolute Gasteiger partial charge is 0.494 e. The van der Waals surface area contributed by atoms with E-state index in [1.807, 2.05) is 31.2 Å². The molecule has 1 aliphatic heterocycles.